The molecule has 2 rings (SSSR count). The van der Waals surface area contributed by atoms with E-state index >= 15 is 0 Å². The summed E-state index contributed by atoms with van der Waals surface area (Å²) >= 11 is 0. The van der Waals surface area contributed by atoms with Gasteiger partial charge in [0.2, 0.25) is 0 Å². The molecule has 0 saturated carbocycles. The summed E-state index contributed by atoms with van der Waals surface area (Å²) in [5.74, 6) is -4.44. The average Bonchev–Trinajstić information content (AvgIpc) is 2.40. The number of carboxylic acids is 1. The number of hydrogen-bond donors (Lipinski definition) is 2. The molecule has 2 aromatic rings. The van der Waals surface area contributed by atoms with Crippen molar-refractivity contribution in [1.82, 2.24) is 0 Å². The lowest BCUT2D eigenvalue weighted by molar-refractivity contribution is -0.136. The van der Waals surface area contributed by atoms with E-state index in [0.717, 1.165) is 30.3 Å². The van der Waals surface area contributed by atoms with Gasteiger partial charge in [0.05, 0.1) is 12.0 Å². The largest absolute Gasteiger partial charge is 0.508 e. The molecule has 0 fully saturated rings. The Balaban J connectivity index is 2.47. The normalized spacial score (nSPS) is 10.4. The van der Waals surface area contributed by atoms with E-state index in [1.54, 1.807) is 0 Å². The molecule has 2 N–H and O–H groups in total. The SMILES string of the molecule is O=C(O)Cc1cc(C(=O)c2c(F)cccc2F)ccc1O. The molecule has 0 saturated heterocycles. The third-order valence-electron chi connectivity index (χ3n) is 2.87. The van der Waals surface area contributed by atoms with E-state index in [2.05, 4.69) is 0 Å². The van der Waals surface area contributed by atoms with Gasteiger partial charge in [0.1, 0.15) is 17.4 Å². The number of aromatic hydroxyl groups is 1. The van der Waals surface area contributed by atoms with E-state index in [0.29, 0.717) is 0 Å². The molecule has 0 unspecified atom stereocenters. The molecule has 0 radical (unpaired) electrons. The van der Waals surface area contributed by atoms with Crippen molar-refractivity contribution in [2.75, 3.05) is 0 Å². The van der Waals surface area contributed by atoms with Gasteiger partial charge in [-0.25, -0.2) is 8.78 Å². The third-order valence-corrected chi connectivity index (χ3v) is 2.87. The number of phenolic OH excluding ortho intramolecular Hbond substituents is 1. The Bertz CT molecular complexity index is 705. The lowest BCUT2D eigenvalue weighted by Crippen LogP contribution is -2.09. The van der Waals surface area contributed by atoms with Crippen LogP contribution >= 0.6 is 0 Å². The molecule has 0 aliphatic heterocycles. The average molecular weight is 292 g/mol. The minimum atomic E-state index is -1.20. The predicted octanol–water partition coefficient (Wildman–Crippen LogP) is 2.53. The Morgan fingerprint density at radius 3 is 2.24 bits per heavy atom. The van der Waals surface area contributed by atoms with Gasteiger partial charge in [0, 0.05) is 11.1 Å². The molecular formula is C15H10F2O4. The molecule has 21 heavy (non-hydrogen) atoms. The van der Waals surface area contributed by atoms with Crippen LogP contribution in [0.5, 0.6) is 5.75 Å². The van der Waals surface area contributed by atoms with E-state index in [1.807, 2.05) is 0 Å². The number of rotatable bonds is 4. The van der Waals surface area contributed by atoms with Gasteiger partial charge < -0.3 is 10.2 Å². The van der Waals surface area contributed by atoms with Crippen molar-refractivity contribution in [2.24, 2.45) is 0 Å². The van der Waals surface area contributed by atoms with Gasteiger partial charge in [0.15, 0.2) is 5.78 Å². The second-order valence-corrected chi connectivity index (χ2v) is 4.34. The van der Waals surface area contributed by atoms with Crippen molar-refractivity contribution in [2.45, 2.75) is 6.42 Å². The molecule has 0 aliphatic carbocycles. The fraction of sp³-hybridized carbons (Fsp3) is 0.0667. The van der Waals surface area contributed by atoms with Crippen LogP contribution in [-0.4, -0.2) is 22.0 Å². The number of ketones is 1. The zero-order valence-corrected chi connectivity index (χ0v) is 10.6. The van der Waals surface area contributed by atoms with E-state index in [-0.39, 0.29) is 16.9 Å². The molecule has 2 aromatic carbocycles. The number of carboxylic acid groups (broad SMARTS) is 1. The first kappa shape index (κ1) is 14.6. The van der Waals surface area contributed by atoms with Crippen LogP contribution in [0.15, 0.2) is 36.4 Å². The van der Waals surface area contributed by atoms with E-state index in [9.17, 15) is 23.5 Å². The molecule has 6 heteroatoms. The van der Waals surface area contributed by atoms with Crippen LogP contribution in [0.3, 0.4) is 0 Å². The number of benzene rings is 2. The number of aliphatic carboxylic acids is 1. The maximum atomic E-state index is 13.6. The van der Waals surface area contributed by atoms with Gasteiger partial charge in [-0.2, -0.15) is 0 Å². The second kappa shape index (κ2) is 5.70. The third kappa shape index (κ3) is 3.05. The molecule has 108 valence electrons. The Labute approximate surface area is 118 Å². The molecular weight excluding hydrogens is 282 g/mol. The van der Waals surface area contributed by atoms with Crippen molar-refractivity contribution in [3.8, 4) is 5.75 Å². The molecule has 0 atom stereocenters. The summed E-state index contributed by atoms with van der Waals surface area (Å²) in [7, 11) is 0. The van der Waals surface area contributed by atoms with Gasteiger partial charge in [-0.05, 0) is 30.3 Å². The van der Waals surface area contributed by atoms with Gasteiger partial charge in [0.25, 0.3) is 0 Å². The van der Waals surface area contributed by atoms with Gasteiger partial charge >= 0.3 is 5.97 Å². The number of carbonyl (C=O) groups excluding carboxylic acids is 1. The Morgan fingerprint density at radius 1 is 1.05 bits per heavy atom. The van der Waals surface area contributed by atoms with Crippen LogP contribution in [-0.2, 0) is 11.2 Å². The van der Waals surface area contributed by atoms with E-state index in [4.69, 9.17) is 5.11 Å². The number of phenols is 1. The van der Waals surface area contributed by atoms with Gasteiger partial charge in [-0.1, -0.05) is 6.07 Å². The summed E-state index contributed by atoms with van der Waals surface area (Å²) in [6, 6.07) is 6.44. The Morgan fingerprint density at radius 2 is 1.67 bits per heavy atom. The quantitative estimate of drug-likeness (QED) is 0.849. The van der Waals surface area contributed by atoms with Gasteiger partial charge in [-0.15, -0.1) is 0 Å². The highest BCUT2D eigenvalue weighted by Crippen LogP contribution is 2.23. The summed E-state index contributed by atoms with van der Waals surface area (Å²) in [5.41, 5.74) is -0.831. The van der Waals surface area contributed by atoms with Crippen LogP contribution in [0.4, 0.5) is 8.78 Å². The van der Waals surface area contributed by atoms with E-state index in [1.165, 1.54) is 6.07 Å². The number of carbonyl (C=O) groups is 2. The highest BCUT2D eigenvalue weighted by Gasteiger charge is 2.20. The molecule has 0 spiro atoms. The molecule has 0 amide bonds. The second-order valence-electron chi connectivity index (χ2n) is 4.34. The maximum Gasteiger partial charge on any atom is 0.307 e. The van der Waals surface area contributed by atoms with Crippen molar-refractivity contribution in [3.63, 3.8) is 0 Å². The molecule has 0 heterocycles. The Kier molecular flexibility index (Phi) is 3.98. The summed E-state index contributed by atoms with van der Waals surface area (Å²) < 4.78 is 27.1. The van der Waals surface area contributed by atoms with Crippen molar-refractivity contribution < 1.29 is 28.6 Å². The van der Waals surface area contributed by atoms with Crippen LogP contribution < -0.4 is 0 Å². The molecule has 0 aromatic heterocycles. The first-order valence-corrected chi connectivity index (χ1v) is 5.92. The number of hydrogen-bond acceptors (Lipinski definition) is 3. The Hall–Kier alpha value is -2.76. The zero-order chi connectivity index (χ0) is 15.6. The van der Waals surface area contributed by atoms with Crippen molar-refractivity contribution >= 4 is 11.8 Å². The maximum absolute atomic E-state index is 13.6. The van der Waals surface area contributed by atoms with Crippen molar-refractivity contribution in [1.29, 1.82) is 0 Å². The summed E-state index contributed by atoms with van der Waals surface area (Å²) in [5, 5.41) is 18.2. The summed E-state index contributed by atoms with van der Waals surface area (Å²) in [4.78, 5) is 22.8. The van der Waals surface area contributed by atoms with Crippen LogP contribution in [0.2, 0.25) is 0 Å². The fourth-order valence-corrected chi connectivity index (χ4v) is 1.89. The highest BCUT2D eigenvalue weighted by molar-refractivity contribution is 6.09. The van der Waals surface area contributed by atoms with E-state index < -0.39 is 35.4 Å². The lowest BCUT2D eigenvalue weighted by atomic mass is 9.99. The molecule has 4 nitrogen and oxygen atoms in total. The number of halogens is 2. The van der Waals surface area contributed by atoms with Gasteiger partial charge in [-0.3, -0.25) is 9.59 Å². The fourth-order valence-electron chi connectivity index (χ4n) is 1.89. The smallest absolute Gasteiger partial charge is 0.307 e. The zero-order valence-electron chi connectivity index (χ0n) is 10.6. The standard InChI is InChI=1S/C15H10F2O4/c16-10-2-1-3-11(17)14(10)15(21)8-4-5-12(18)9(6-8)7-13(19)20/h1-6,18H,7H2,(H,19,20). The van der Waals surface area contributed by atoms with Crippen LogP contribution in [0.25, 0.3) is 0 Å². The monoisotopic (exact) mass is 292 g/mol. The topological polar surface area (TPSA) is 74.6 Å². The molecule has 0 aliphatic rings. The molecule has 0 bridgehead atoms. The first-order valence-electron chi connectivity index (χ1n) is 5.92. The van der Waals surface area contributed by atoms with Crippen LogP contribution in [0, 0.1) is 11.6 Å². The summed E-state index contributed by atoms with van der Waals surface area (Å²) in [6.07, 6.45) is -0.507. The highest BCUT2D eigenvalue weighted by atomic mass is 19.1. The van der Waals surface area contributed by atoms with Crippen LogP contribution in [0.1, 0.15) is 21.5 Å². The minimum absolute atomic E-state index is 0.00917. The van der Waals surface area contributed by atoms with Crippen molar-refractivity contribution in [3.05, 3.63) is 64.7 Å². The first-order chi connectivity index (χ1) is 9.90. The lowest BCUT2D eigenvalue weighted by Gasteiger charge is -2.07. The summed E-state index contributed by atoms with van der Waals surface area (Å²) in [6.45, 7) is 0. The minimum Gasteiger partial charge on any atom is -0.508 e. The predicted molar refractivity (Wildman–Crippen MR) is 69.2 cm³/mol.